The fraction of sp³-hybridized carbons (Fsp3) is 0.412. The van der Waals surface area contributed by atoms with Gasteiger partial charge in [-0.2, -0.15) is 0 Å². The van der Waals surface area contributed by atoms with Crippen LogP contribution in [0.15, 0.2) is 35.7 Å². The summed E-state index contributed by atoms with van der Waals surface area (Å²) in [6, 6.07) is 11.1. The molecule has 1 aromatic heterocycles. The second-order valence-corrected chi connectivity index (χ2v) is 6.98. The smallest absolute Gasteiger partial charge is 0.228 e. The van der Waals surface area contributed by atoms with E-state index in [4.69, 9.17) is 0 Å². The van der Waals surface area contributed by atoms with Crippen LogP contribution in [-0.4, -0.2) is 41.0 Å². The Bertz CT molecular complexity index is 658. The summed E-state index contributed by atoms with van der Waals surface area (Å²) < 4.78 is 0. The highest BCUT2D eigenvalue weighted by atomic mass is 32.1. The monoisotopic (exact) mass is 313 g/mol. The quantitative estimate of drug-likeness (QED) is 0.946. The van der Waals surface area contributed by atoms with Crippen molar-refractivity contribution >= 4 is 17.2 Å². The molecule has 0 spiro atoms. The molecule has 2 aliphatic heterocycles. The van der Waals surface area contributed by atoms with Crippen LogP contribution in [0.1, 0.15) is 18.5 Å². The van der Waals surface area contributed by atoms with Gasteiger partial charge in [-0.15, -0.1) is 11.3 Å². The number of hydrogen-bond donors (Lipinski definition) is 1. The maximum absolute atomic E-state index is 12.5. The molecule has 1 aromatic carbocycles. The average Bonchev–Trinajstić information content (AvgIpc) is 3.14. The number of aromatic nitrogens is 1. The molecule has 2 aromatic rings. The van der Waals surface area contributed by atoms with E-state index in [0.717, 1.165) is 29.4 Å². The van der Waals surface area contributed by atoms with Crippen molar-refractivity contribution in [1.82, 2.24) is 15.2 Å². The Morgan fingerprint density at radius 1 is 1.23 bits per heavy atom. The number of amides is 1. The van der Waals surface area contributed by atoms with Crippen LogP contribution in [0.3, 0.4) is 0 Å². The highest BCUT2D eigenvalue weighted by Crippen LogP contribution is 2.24. The second kappa shape index (κ2) is 5.82. The first-order valence-electron chi connectivity index (χ1n) is 7.81. The van der Waals surface area contributed by atoms with Crippen molar-refractivity contribution in [3.63, 3.8) is 0 Å². The molecule has 1 amide bonds. The summed E-state index contributed by atoms with van der Waals surface area (Å²) in [6.45, 7) is 1.70. The van der Waals surface area contributed by atoms with Gasteiger partial charge in [0.15, 0.2) is 0 Å². The Labute approximate surface area is 134 Å². The number of rotatable bonds is 3. The van der Waals surface area contributed by atoms with Crippen LogP contribution in [0.4, 0.5) is 0 Å². The van der Waals surface area contributed by atoms with Gasteiger partial charge in [0.2, 0.25) is 5.91 Å². The highest BCUT2D eigenvalue weighted by Gasteiger charge is 2.34. The van der Waals surface area contributed by atoms with Gasteiger partial charge >= 0.3 is 0 Å². The number of carbonyl (C=O) groups excluding carboxylic acids is 1. The first-order valence-corrected chi connectivity index (χ1v) is 8.69. The summed E-state index contributed by atoms with van der Waals surface area (Å²) in [5.74, 6) is 0.211. The number of benzene rings is 1. The highest BCUT2D eigenvalue weighted by molar-refractivity contribution is 7.13. The minimum atomic E-state index is 0.211. The van der Waals surface area contributed by atoms with Gasteiger partial charge in [0, 0.05) is 36.1 Å². The summed E-state index contributed by atoms with van der Waals surface area (Å²) in [5, 5.41) is 6.56. The number of carbonyl (C=O) groups is 1. The number of hydrogen-bond acceptors (Lipinski definition) is 4. The number of piperazine rings is 1. The summed E-state index contributed by atoms with van der Waals surface area (Å²) in [6.07, 6.45) is 2.81. The molecule has 1 N–H and O–H groups in total. The number of nitrogens with zero attached hydrogens (tertiary/aromatic N) is 2. The Morgan fingerprint density at radius 3 is 2.68 bits per heavy atom. The second-order valence-electron chi connectivity index (χ2n) is 6.12. The molecule has 2 aliphatic rings. The van der Waals surface area contributed by atoms with Crippen molar-refractivity contribution < 1.29 is 4.79 Å². The normalized spacial score (nSPS) is 23.7. The molecule has 114 valence electrons. The lowest BCUT2D eigenvalue weighted by Crippen LogP contribution is -2.53. The summed E-state index contributed by atoms with van der Waals surface area (Å²) in [4.78, 5) is 19.1. The van der Waals surface area contributed by atoms with Crippen LogP contribution in [0.2, 0.25) is 0 Å². The van der Waals surface area contributed by atoms with E-state index in [9.17, 15) is 4.79 Å². The van der Waals surface area contributed by atoms with E-state index in [1.54, 1.807) is 11.3 Å². The minimum absolute atomic E-state index is 0.211. The number of nitrogens with one attached hydrogen (secondary N) is 1. The van der Waals surface area contributed by atoms with Gasteiger partial charge in [-0.3, -0.25) is 4.79 Å². The first kappa shape index (κ1) is 13.9. The molecule has 5 heteroatoms. The molecule has 0 radical (unpaired) electrons. The van der Waals surface area contributed by atoms with E-state index >= 15 is 0 Å². The molecule has 0 unspecified atom stereocenters. The maximum atomic E-state index is 12.5. The molecule has 4 rings (SSSR count). The van der Waals surface area contributed by atoms with E-state index in [1.165, 1.54) is 12.8 Å². The molecule has 2 atom stereocenters. The largest absolute Gasteiger partial charge is 0.339 e. The van der Waals surface area contributed by atoms with Crippen LogP contribution >= 0.6 is 11.3 Å². The molecule has 2 bridgehead atoms. The third-order valence-corrected chi connectivity index (χ3v) is 5.41. The van der Waals surface area contributed by atoms with Crippen molar-refractivity contribution in [1.29, 1.82) is 0 Å². The van der Waals surface area contributed by atoms with Gasteiger partial charge in [-0.25, -0.2) is 4.98 Å². The first-order chi connectivity index (χ1) is 10.8. The standard InChI is InChI=1S/C17H19N3OS/c21-16(20-9-13-6-7-14(10-20)18-13)8-15-11-22-17(19-15)12-4-2-1-3-5-12/h1-5,11,13-14,18H,6-10H2/t13-,14+. The zero-order chi connectivity index (χ0) is 14.9. The van der Waals surface area contributed by atoms with E-state index in [0.29, 0.717) is 18.5 Å². The van der Waals surface area contributed by atoms with Crippen molar-refractivity contribution in [2.75, 3.05) is 13.1 Å². The van der Waals surface area contributed by atoms with Gasteiger partial charge in [-0.1, -0.05) is 30.3 Å². The van der Waals surface area contributed by atoms with Crippen LogP contribution in [-0.2, 0) is 11.2 Å². The Balaban J connectivity index is 1.43. The zero-order valence-corrected chi connectivity index (χ0v) is 13.2. The van der Waals surface area contributed by atoms with Crippen molar-refractivity contribution in [2.45, 2.75) is 31.3 Å². The van der Waals surface area contributed by atoms with Crippen LogP contribution in [0.25, 0.3) is 10.6 Å². The van der Waals surface area contributed by atoms with Gasteiger partial charge in [0.1, 0.15) is 5.01 Å². The van der Waals surface area contributed by atoms with Gasteiger partial charge in [-0.05, 0) is 12.8 Å². The third kappa shape index (κ3) is 2.78. The predicted molar refractivity (Wildman–Crippen MR) is 87.8 cm³/mol. The van der Waals surface area contributed by atoms with Crippen LogP contribution in [0.5, 0.6) is 0 Å². The topological polar surface area (TPSA) is 45.2 Å². The van der Waals surface area contributed by atoms with Crippen molar-refractivity contribution in [2.24, 2.45) is 0 Å². The number of fused-ring (bicyclic) bond motifs is 2. The Morgan fingerprint density at radius 2 is 1.95 bits per heavy atom. The SMILES string of the molecule is O=C(Cc1csc(-c2ccccc2)n1)N1C[C@H]2CC[C@@H](C1)N2. The molecular formula is C17H19N3OS. The van der Waals surface area contributed by atoms with Crippen LogP contribution < -0.4 is 5.32 Å². The van der Waals surface area contributed by atoms with E-state index in [2.05, 4.69) is 22.4 Å². The molecule has 3 heterocycles. The lowest BCUT2D eigenvalue weighted by Gasteiger charge is -2.32. The van der Waals surface area contributed by atoms with Gasteiger partial charge < -0.3 is 10.2 Å². The van der Waals surface area contributed by atoms with Crippen molar-refractivity contribution in [3.05, 3.63) is 41.4 Å². The Hall–Kier alpha value is -1.72. The van der Waals surface area contributed by atoms with Gasteiger partial charge in [0.25, 0.3) is 0 Å². The molecule has 22 heavy (non-hydrogen) atoms. The summed E-state index contributed by atoms with van der Waals surface area (Å²) >= 11 is 1.61. The molecule has 2 fully saturated rings. The third-order valence-electron chi connectivity index (χ3n) is 4.47. The summed E-state index contributed by atoms with van der Waals surface area (Å²) in [7, 11) is 0. The van der Waals surface area contributed by atoms with E-state index < -0.39 is 0 Å². The average molecular weight is 313 g/mol. The van der Waals surface area contributed by atoms with Crippen molar-refractivity contribution in [3.8, 4) is 10.6 Å². The lowest BCUT2D eigenvalue weighted by molar-refractivity contribution is -0.131. The number of thiazole rings is 1. The van der Waals surface area contributed by atoms with E-state index in [-0.39, 0.29) is 5.91 Å². The lowest BCUT2D eigenvalue weighted by atomic mass is 10.2. The zero-order valence-electron chi connectivity index (χ0n) is 12.4. The minimum Gasteiger partial charge on any atom is -0.339 e. The molecule has 2 saturated heterocycles. The molecule has 4 nitrogen and oxygen atoms in total. The fourth-order valence-corrected chi connectivity index (χ4v) is 4.19. The van der Waals surface area contributed by atoms with E-state index in [1.807, 2.05) is 28.5 Å². The molecule has 0 saturated carbocycles. The fourth-order valence-electron chi connectivity index (χ4n) is 3.37. The summed E-state index contributed by atoms with van der Waals surface area (Å²) in [5.41, 5.74) is 2.01. The maximum Gasteiger partial charge on any atom is 0.228 e. The molecule has 0 aliphatic carbocycles. The predicted octanol–water partition coefficient (Wildman–Crippen LogP) is 2.32. The van der Waals surface area contributed by atoms with Crippen LogP contribution in [0, 0.1) is 0 Å². The van der Waals surface area contributed by atoms with Gasteiger partial charge in [0.05, 0.1) is 12.1 Å². The number of likely N-dealkylation sites (tertiary alicyclic amines) is 1. The Kier molecular flexibility index (Phi) is 3.68. The molecular weight excluding hydrogens is 294 g/mol.